The summed E-state index contributed by atoms with van der Waals surface area (Å²) in [5.74, 6) is 0. The lowest BCUT2D eigenvalue weighted by Crippen LogP contribution is -2.35. The van der Waals surface area contributed by atoms with Crippen molar-refractivity contribution in [3.8, 4) is 0 Å². The predicted octanol–water partition coefficient (Wildman–Crippen LogP) is 2.69. The van der Waals surface area contributed by atoms with E-state index < -0.39 is 0 Å². The summed E-state index contributed by atoms with van der Waals surface area (Å²) in [6, 6.07) is 6.72. The molecule has 3 heteroatoms. The van der Waals surface area contributed by atoms with Gasteiger partial charge in [0.15, 0.2) is 0 Å². The van der Waals surface area contributed by atoms with E-state index >= 15 is 0 Å². The Kier molecular flexibility index (Phi) is 5.26. The van der Waals surface area contributed by atoms with Crippen LogP contribution >= 0.6 is 11.6 Å². The summed E-state index contributed by atoms with van der Waals surface area (Å²) in [6.45, 7) is 6.05. The van der Waals surface area contributed by atoms with E-state index in [9.17, 15) is 0 Å². The van der Waals surface area contributed by atoms with Gasteiger partial charge >= 0.3 is 0 Å². The zero-order valence-electron chi connectivity index (χ0n) is 10.5. The predicted molar refractivity (Wildman–Crippen MR) is 71.0 cm³/mol. The normalized spacial score (nSPS) is 13.1. The van der Waals surface area contributed by atoms with Crippen LogP contribution in [0.4, 0.5) is 0 Å². The van der Waals surface area contributed by atoms with Crippen LogP contribution in [0.5, 0.6) is 0 Å². The van der Waals surface area contributed by atoms with Crippen molar-refractivity contribution in [2.24, 2.45) is 0 Å². The fourth-order valence-electron chi connectivity index (χ4n) is 1.39. The van der Waals surface area contributed by atoms with Gasteiger partial charge in [0.1, 0.15) is 0 Å². The van der Waals surface area contributed by atoms with Crippen molar-refractivity contribution >= 4 is 11.6 Å². The van der Waals surface area contributed by atoms with Gasteiger partial charge in [0, 0.05) is 24.2 Å². The monoisotopic (exact) mass is 240 g/mol. The number of likely N-dealkylation sites (N-methyl/N-ethyl adjacent to an activating group) is 1. The minimum Gasteiger partial charge on any atom is -0.311 e. The first-order valence-electron chi connectivity index (χ1n) is 5.63. The molecule has 0 aliphatic rings. The van der Waals surface area contributed by atoms with Crippen LogP contribution in [-0.4, -0.2) is 31.6 Å². The molecule has 1 aromatic carbocycles. The highest BCUT2D eigenvalue weighted by atomic mass is 35.5. The molecule has 0 aromatic heterocycles. The summed E-state index contributed by atoms with van der Waals surface area (Å²) < 4.78 is 0. The molecule has 0 spiro atoms. The lowest BCUT2D eigenvalue weighted by molar-refractivity contribution is 0.302. The van der Waals surface area contributed by atoms with E-state index in [-0.39, 0.29) is 0 Å². The molecule has 0 fully saturated rings. The van der Waals surface area contributed by atoms with Crippen molar-refractivity contribution in [2.45, 2.75) is 26.4 Å². The Hall–Kier alpha value is -0.570. The molecule has 0 bridgehead atoms. The molecule has 90 valence electrons. The standard InChI is InChI=1S/C13H21ClN2/c1-10-5-6-12(13(14)7-10)9-15-8-11(2)16(3)4/h5-7,11,15H,8-9H2,1-4H3. The summed E-state index contributed by atoms with van der Waals surface area (Å²) in [4.78, 5) is 2.20. The molecule has 1 unspecified atom stereocenters. The third-order valence-electron chi connectivity index (χ3n) is 2.85. The highest BCUT2D eigenvalue weighted by molar-refractivity contribution is 6.31. The van der Waals surface area contributed by atoms with E-state index in [4.69, 9.17) is 11.6 Å². The molecule has 0 heterocycles. The van der Waals surface area contributed by atoms with Gasteiger partial charge in [-0.15, -0.1) is 0 Å². The Morgan fingerprint density at radius 1 is 1.38 bits per heavy atom. The summed E-state index contributed by atoms with van der Waals surface area (Å²) in [7, 11) is 4.18. The summed E-state index contributed by atoms with van der Waals surface area (Å²) in [5.41, 5.74) is 2.37. The van der Waals surface area contributed by atoms with Gasteiger partial charge in [-0.05, 0) is 45.1 Å². The average Bonchev–Trinajstić information content (AvgIpc) is 2.20. The van der Waals surface area contributed by atoms with E-state index in [2.05, 4.69) is 50.3 Å². The molecule has 16 heavy (non-hydrogen) atoms. The maximum atomic E-state index is 6.16. The summed E-state index contributed by atoms with van der Waals surface area (Å²) >= 11 is 6.16. The maximum absolute atomic E-state index is 6.16. The molecule has 0 aliphatic carbocycles. The van der Waals surface area contributed by atoms with Crippen LogP contribution in [0.3, 0.4) is 0 Å². The molecular formula is C13H21ClN2. The fraction of sp³-hybridized carbons (Fsp3) is 0.538. The minimum absolute atomic E-state index is 0.532. The topological polar surface area (TPSA) is 15.3 Å². The second-order valence-electron chi connectivity index (χ2n) is 4.54. The van der Waals surface area contributed by atoms with Crippen molar-refractivity contribution in [3.63, 3.8) is 0 Å². The van der Waals surface area contributed by atoms with Gasteiger partial charge in [-0.1, -0.05) is 23.7 Å². The Labute approximate surface area is 104 Å². The number of hydrogen-bond donors (Lipinski definition) is 1. The number of benzene rings is 1. The third kappa shape index (κ3) is 4.12. The number of hydrogen-bond acceptors (Lipinski definition) is 2. The van der Waals surface area contributed by atoms with Gasteiger partial charge in [-0.25, -0.2) is 0 Å². The van der Waals surface area contributed by atoms with Crippen molar-refractivity contribution in [1.82, 2.24) is 10.2 Å². The molecule has 0 aliphatic heterocycles. The van der Waals surface area contributed by atoms with Crippen LogP contribution in [0.25, 0.3) is 0 Å². The number of nitrogens with one attached hydrogen (secondary N) is 1. The highest BCUT2D eigenvalue weighted by Crippen LogP contribution is 2.17. The Balaban J connectivity index is 2.43. The van der Waals surface area contributed by atoms with E-state index in [0.717, 1.165) is 18.1 Å². The number of nitrogens with zero attached hydrogens (tertiary/aromatic N) is 1. The number of aryl methyl sites for hydroxylation is 1. The van der Waals surface area contributed by atoms with Gasteiger partial charge in [0.25, 0.3) is 0 Å². The lowest BCUT2D eigenvalue weighted by atomic mass is 10.1. The first-order chi connectivity index (χ1) is 7.50. The minimum atomic E-state index is 0.532. The smallest absolute Gasteiger partial charge is 0.0453 e. The van der Waals surface area contributed by atoms with E-state index in [1.54, 1.807) is 0 Å². The number of rotatable bonds is 5. The quantitative estimate of drug-likeness (QED) is 0.852. The van der Waals surface area contributed by atoms with Crippen LogP contribution in [0, 0.1) is 6.92 Å². The number of halogens is 1. The SMILES string of the molecule is Cc1ccc(CNCC(C)N(C)C)c(Cl)c1. The van der Waals surface area contributed by atoms with Gasteiger partial charge < -0.3 is 10.2 Å². The van der Waals surface area contributed by atoms with Crippen molar-refractivity contribution in [1.29, 1.82) is 0 Å². The Bertz CT molecular complexity index is 337. The molecule has 1 rings (SSSR count). The molecule has 2 nitrogen and oxygen atoms in total. The van der Waals surface area contributed by atoms with E-state index in [1.807, 2.05) is 6.07 Å². The first-order valence-corrected chi connectivity index (χ1v) is 6.00. The fourth-order valence-corrected chi connectivity index (χ4v) is 1.70. The van der Waals surface area contributed by atoms with Crippen molar-refractivity contribution in [3.05, 3.63) is 34.3 Å². The van der Waals surface area contributed by atoms with E-state index in [1.165, 1.54) is 11.1 Å². The molecule has 0 saturated carbocycles. The Morgan fingerprint density at radius 3 is 2.62 bits per heavy atom. The zero-order chi connectivity index (χ0) is 12.1. The van der Waals surface area contributed by atoms with Crippen LogP contribution in [0.2, 0.25) is 5.02 Å². The maximum Gasteiger partial charge on any atom is 0.0453 e. The van der Waals surface area contributed by atoms with Gasteiger partial charge in [0.2, 0.25) is 0 Å². The second-order valence-corrected chi connectivity index (χ2v) is 4.95. The largest absolute Gasteiger partial charge is 0.311 e. The lowest BCUT2D eigenvalue weighted by Gasteiger charge is -2.20. The van der Waals surface area contributed by atoms with Gasteiger partial charge in [-0.2, -0.15) is 0 Å². The molecule has 0 saturated heterocycles. The summed E-state index contributed by atoms with van der Waals surface area (Å²) in [5, 5.41) is 4.27. The molecule has 1 atom stereocenters. The molecule has 0 amide bonds. The molecular weight excluding hydrogens is 220 g/mol. The second kappa shape index (κ2) is 6.24. The zero-order valence-corrected chi connectivity index (χ0v) is 11.3. The van der Waals surface area contributed by atoms with E-state index in [0.29, 0.717) is 6.04 Å². The molecule has 1 aromatic rings. The van der Waals surface area contributed by atoms with Gasteiger partial charge in [0.05, 0.1) is 0 Å². The van der Waals surface area contributed by atoms with Gasteiger partial charge in [-0.3, -0.25) is 0 Å². The van der Waals surface area contributed by atoms with Crippen LogP contribution in [0.1, 0.15) is 18.1 Å². The third-order valence-corrected chi connectivity index (χ3v) is 3.20. The van der Waals surface area contributed by atoms with Crippen LogP contribution in [-0.2, 0) is 6.54 Å². The van der Waals surface area contributed by atoms with Crippen molar-refractivity contribution in [2.75, 3.05) is 20.6 Å². The first kappa shape index (κ1) is 13.5. The average molecular weight is 241 g/mol. The molecule has 0 radical (unpaired) electrons. The highest BCUT2D eigenvalue weighted by Gasteiger charge is 2.04. The molecule has 1 N–H and O–H groups in total. The summed E-state index contributed by atoms with van der Waals surface area (Å²) in [6.07, 6.45) is 0. The van der Waals surface area contributed by atoms with Crippen LogP contribution < -0.4 is 5.32 Å². The van der Waals surface area contributed by atoms with Crippen LogP contribution in [0.15, 0.2) is 18.2 Å². The Morgan fingerprint density at radius 2 is 2.06 bits per heavy atom. The van der Waals surface area contributed by atoms with Crippen molar-refractivity contribution < 1.29 is 0 Å².